The van der Waals surface area contributed by atoms with Gasteiger partial charge >= 0.3 is 0 Å². The number of ether oxygens (including phenoxy) is 2. The zero-order valence-corrected chi connectivity index (χ0v) is 7.84. The maximum Gasteiger partial charge on any atom is 0.104 e. The van der Waals surface area contributed by atoms with Gasteiger partial charge in [0.2, 0.25) is 0 Å². The van der Waals surface area contributed by atoms with E-state index >= 15 is 0 Å². The molecule has 1 aliphatic rings. The van der Waals surface area contributed by atoms with Gasteiger partial charge in [0.25, 0.3) is 0 Å². The summed E-state index contributed by atoms with van der Waals surface area (Å²) in [5.41, 5.74) is 0. The monoisotopic (exact) mass is 173 g/mol. The molecule has 1 unspecified atom stereocenters. The van der Waals surface area contributed by atoms with Crippen LogP contribution in [0.2, 0.25) is 0 Å². The molecule has 0 aromatic rings. The first-order chi connectivity index (χ1) is 5.93. The lowest BCUT2D eigenvalue weighted by molar-refractivity contribution is 0.118. The third-order valence-electron chi connectivity index (χ3n) is 1.84. The Morgan fingerprint density at radius 2 is 2.33 bits per heavy atom. The van der Waals surface area contributed by atoms with Crippen LogP contribution in [0.25, 0.3) is 0 Å². The van der Waals surface area contributed by atoms with Crippen LogP contribution in [0, 0.1) is 0 Å². The Labute approximate surface area is 74.4 Å². The van der Waals surface area contributed by atoms with Gasteiger partial charge in [0.15, 0.2) is 0 Å². The fourth-order valence-electron chi connectivity index (χ4n) is 0.950. The van der Waals surface area contributed by atoms with Crippen molar-refractivity contribution in [2.75, 3.05) is 32.9 Å². The zero-order chi connectivity index (χ0) is 8.65. The van der Waals surface area contributed by atoms with Crippen molar-refractivity contribution in [1.29, 1.82) is 0 Å². The molecule has 0 bridgehead atoms. The molecule has 1 rings (SSSR count). The Morgan fingerprint density at radius 1 is 1.50 bits per heavy atom. The van der Waals surface area contributed by atoms with Gasteiger partial charge in [0.05, 0.1) is 19.8 Å². The summed E-state index contributed by atoms with van der Waals surface area (Å²) in [4.78, 5) is 0. The summed E-state index contributed by atoms with van der Waals surface area (Å²) in [5.74, 6) is 0. The van der Waals surface area contributed by atoms with E-state index < -0.39 is 0 Å². The molecular weight excluding hydrogens is 154 g/mol. The summed E-state index contributed by atoms with van der Waals surface area (Å²) >= 11 is 0. The fourth-order valence-corrected chi connectivity index (χ4v) is 0.950. The number of epoxide rings is 1. The first-order valence-electron chi connectivity index (χ1n) is 4.83. The van der Waals surface area contributed by atoms with Crippen molar-refractivity contribution < 1.29 is 9.47 Å². The highest BCUT2D eigenvalue weighted by Crippen LogP contribution is 2.07. The van der Waals surface area contributed by atoms with E-state index in [4.69, 9.17) is 9.47 Å². The highest BCUT2D eigenvalue weighted by Gasteiger charge is 2.21. The fraction of sp³-hybridized carbons (Fsp3) is 1.00. The molecule has 0 saturated carbocycles. The molecule has 3 nitrogen and oxygen atoms in total. The average molecular weight is 173 g/mol. The quantitative estimate of drug-likeness (QED) is 0.435. The standard InChI is InChI=1S/C9H19NO2/c1-2-3-4-10-5-6-11-7-9-8-12-9/h9-10H,2-8H2,1H3. The lowest BCUT2D eigenvalue weighted by Gasteiger charge is -2.03. The summed E-state index contributed by atoms with van der Waals surface area (Å²) in [6.45, 7) is 6.75. The number of hydrogen-bond acceptors (Lipinski definition) is 3. The van der Waals surface area contributed by atoms with Crippen LogP contribution < -0.4 is 5.32 Å². The number of nitrogens with one attached hydrogen (secondary N) is 1. The van der Waals surface area contributed by atoms with Gasteiger partial charge in [-0.1, -0.05) is 13.3 Å². The maximum absolute atomic E-state index is 5.35. The summed E-state index contributed by atoms with van der Waals surface area (Å²) < 4.78 is 10.4. The molecule has 1 atom stereocenters. The van der Waals surface area contributed by atoms with Crippen LogP contribution in [0.5, 0.6) is 0 Å². The Kier molecular flexibility index (Phi) is 5.32. The van der Waals surface area contributed by atoms with Crippen molar-refractivity contribution in [3.8, 4) is 0 Å². The van der Waals surface area contributed by atoms with Gasteiger partial charge in [-0.25, -0.2) is 0 Å². The van der Waals surface area contributed by atoms with E-state index in [9.17, 15) is 0 Å². The van der Waals surface area contributed by atoms with Crippen molar-refractivity contribution in [3.63, 3.8) is 0 Å². The molecule has 0 aromatic carbocycles. The Hall–Kier alpha value is -0.120. The van der Waals surface area contributed by atoms with Crippen LogP contribution in [0.15, 0.2) is 0 Å². The van der Waals surface area contributed by atoms with Gasteiger partial charge < -0.3 is 14.8 Å². The molecule has 1 N–H and O–H groups in total. The van der Waals surface area contributed by atoms with Gasteiger partial charge in [-0.3, -0.25) is 0 Å². The molecule has 1 aliphatic heterocycles. The van der Waals surface area contributed by atoms with Gasteiger partial charge in [-0.05, 0) is 13.0 Å². The van der Waals surface area contributed by atoms with E-state index in [2.05, 4.69) is 12.2 Å². The molecule has 0 aliphatic carbocycles. The molecule has 3 heteroatoms. The van der Waals surface area contributed by atoms with E-state index in [-0.39, 0.29) is 0 Å². The van der Waals surface area contributed by atoms with E-state index in [0.29, 0.717) is 6.10 Å². The maximum atomic E-state index is 5.35. The summed E-state index contributed by atoms with van der Waals surface area (Å²) in [5, 5.41) is 3.31. The van der Waals surface area contributed by atoms with Crippen LogP contribution in [0.3, 0.4) is 0 Å². The van der Waals surface area contributed by atoms with E-state index in [1.165, 1.54) is 12.8 Å². The Morgan fingerprint density at radius 3 is 3.00 bits per heavy atom. The van der Waals surface area contributed by atoms with Crippen LogP contribution >= 0.6 is 0 Å². The second kappa shape index (κ2) is 6.40. The first kappa shape index (κ1) is 9.96. The van der Waals surface area contributed by atoms with E-state index in [0.717, 1.165) is 32.9 Å². The SMILES string of the molecule is CCCCNCCOCC1CO1. The molecule has 12 heavy (non-hydrogen) atoms. The number of unbranched alkanes of at least 4 members (excludes halogenated alkanes) is 1. The molecule has 0 aromatic heterocycles. The van der Waals surface area contributed by atoms with Crippen molar-refractivity contribution in [1.82, 2.24) is 5.32 Å². The van der Waals surface area contributed by atoms with Gasteiger partial charge in [0.1, 0.15) is 6.10 Å². The largest absolute Gasteiger partial charge is 0.377 e. The predicted molar refractivity (Wildman–Crippen MR) is 48.3 cm³/mol. The molecule has 0 amide bonds. The van der Waals surface area contributed by atoms with Gasteiger partial charge in [0, 0.05) is 6.54 Å². The molecule has 1 fully saturated rings. The lowest BCUT2D eigenvalue weighted by atomic mass is 10.3. The molecule has 0 spiro atoms. The molecular formula is C9H19NO2. The smallest absolute Gasteiger partial charge is 0.104 e. The van der Waals surface area contributed by atoms with Gasteiger partial charge in [-0.2, -0.15) is 0 Å². The summed E-state index contributed by atoms with van der Waals surface area (Å²) in [6, 6.07) is 0. The van der Waals surface area contributed by atoms with E-state index in [1.54, 1.807) is 0 Å². The molecule has 72 valence electrons. The Bertz CT molecular complexity index is 105. The van der Waals surface area contributed by atoms with Crippen molar-refractivity contribution in [2.45, 2.75) is 25.9 Å². The van der Waals surface area contributed by atoms with Crippen LogP contribution in [0.1, 0.15) is 19.8 Å². The minimum absolute atomic E-state index is 0.403. The highest BCUT2D eigenvalue weighted by molar-refractivity contribution is 4.67. The first-order valence-corrected chi connectivity index (χ1v) is 4.83. The van der Waals surface area contributed by atoms with Crippen LogP contribution in [0.4, 0.5) is 0 Å². The third kappa shape index (κ3) is 5.52. The number of rotatable bonds is 8. The van der Waals surface area contributed by atoms with E-state index in [1.807, 2.05) is 0 Å². The minimum Gasteiger partial charge on any atom is -0.377 e. The topological polar surface area (TPSA) is 33.8 Å². The third-order valence-corrected chi connectivity index (χ3v) is 1.84. The normalized spacial score (nSPS) is 21.2. The minimum atomic E-state index is 0.403. The summed E-state index contributed by atoms with van der Waals surface area (Å²) in [7, 11) is 0. The number of hydrogen-bond donors (Lipinski definition) is 1. The zero-order valence-electron chi connectivity index (χ0n) is 7.84. The van der Waals surface area contributed by atoms with Crippen molar-refractivity contribution in [3.05, 3.63) is 0 Å². The Balaban J connectivity index is 1.65. The molecule has 1 heterocycles. The highest BCUT2D eigenvalue weighted by atomic mass is 16.6. The van der Waals surface area contributed by atoms with Gasteiger partial charge in [-0.15, -0.1) is 0 Å². The summed E-state index contributed by atoms with van der Waals surface area (Å²) in [6.07, 6.45) is 2.91. The van der Waals surface area contributed by atoms with Crippen LogP contribution in [-0.2, 0) is 9.47 Å². The van der Waals surface area contributed by atoms with Crippen molar-refractivity contribution in [2.24, 2.45) is 0 Å². The van der Waals surface area contributed by atoms with Crippen molar-refractivity contribution >= 4 is 0 Å². The second-order valence-corrected chi connectivity index (χ2v) is 3.13. The molecule has 1 saturated heterocycles. The second-order valence-electron chi connectivity index (χ2n) is 3.13. The predicted octanol–water partition coefficient (Wildman–Crippen LogP) is 0.791. The average Bonchev–Trinajstić information content (AvgIpc) is 2.87. The molecule has 0 radical (unpaired) electrons. The van der Waals surface area contributed by atoms with Crippen LogP contribution in [-0.4, -0.2) is 39.0 Å². The lowest BCUT2D eigenvalue weighted by Crippen LogP contribution is -2.21.